The van der Waals surface area contributed by atoms with E-state index < -0.39 is 27.1 Å². The Morgan fingerprint density at radius 3 is 1.71 bits per heavy atom. The van der Waals surface area contributed by atoms with Gasteiger partial charge in [-0.1, -0.05) is 101 Å². The van der Waals surface area contributed by atoms with Crippen LogP contribution in [0.15, 0.2) is 60.7 Å². The van der Waals surface area contributed by atoms with Gasteiger partial charge in [-0.3, -0.25) is 0 Å². The quantitative estimate of drug-likeness (QED) is 0.345. The van der Waals surface area contributed by atoms with Crippen molar-refractivity contribution in [3.63, 3.8) is 0 Å². The number of aliphatic hydroxyl groups excluding tert-OH is 3. The van der Waals surface area contributed by atoms with Crippen LogP contribution in [0.4, 0.5) is 0 Å². The van der Waals surface area contributed by atoms with Gasteiger partial charge >= 0.3 is 0 Å². The maximum atomic E-state index is 9.79. The highest BCUT2D eigenvalue weighted by Gasteiger charge is 2.50. The summed E-state index contributed by atoms with van der Waals surface area (Å²) in [5.74, 6) is 0. The fraction of sp³-hybridized carbons (Fsp3) is 0.538. The third-order valence-corrected chi connectivity index (χ3v) is 11.2. The Balaban J connectivity index is 2.12. The van der Waals surface area contributed by atoms with E-state index in [-0.39, 0.29) is 11.1 Å². The van der Waals surface area contributed by atoms with E-state index in [1.54, 1.807) is 0 Å². The standard InChI is InChI=1S/C26H40O4Si/c1-21(14-8-5-13-19-24(28)25(29)20-27)30-31(26(2,3)4,22-15-9-6-10-16-22)23-17-11-7-12-18-23/h6-7,9-12,15-18,21,24-25,27-29H,5,8,13-14,19-20H2,1-4H3/t21-,24+,25-/m1/s1. The Kier molecular flexibility index (Phi) is 9.91. The second kappa shape index (κ2) is 11.9. The smallest absolute Gasteiger partial charge is 0.261 e. The van der Waals surface area contributed by atoms with Crippen LogP contribution < -0.4 is 10.4 Å². The number of benzene rings is 2. The van der Waals surface area contributed by atoms with E-state index in [0.717, 1.165) is 25.7 Å². The molecule has 172 valence electrons. The molecule has 0 aliphatic heterocycles. The SMILES string of the molecule is C[C@H](CCCCC[C@H](O)[C@H](O)CO)O[Si](c1ccccc1)(c1ccccc1)C(C)(C)C. The van der Waals surface area contributed by atoms with Crippen molar-refractivity contribution < 1.29 is 19.7 Å². The first-order valence-electron chi connectivity index (χ1n) is 11.5. The van der Waals surface area contributed by atoms with E-state index in [4.69, 9.17) is 9.53 Å². The highest BCUT2D eigenvalue weighted by molar-refractivity contribution is 6.99. The van der Waals surface area contributed by atoms with Gasteiger partial charge in [0.1, 0.15) is 6.10 Å². The number of rotatable bonds is 12. The monoisotopic (exact) mass is 444 g/mol. The lowest BCUT2D eigenvalue weighted by Gasteiger charge is -2.44. The van der Waals surface area contributed by atoms with E-state index in [9.17, 15) is 10.2 Å². The summed E-state index contributed by atoms with van der Waals surface area (Å²) in [6.45, 7) is 8.65. The van der Waals surface area contributed by atoms with E-state index in [0.29, 0.717) is 6.42 Å². The van der Waals surface area contributed by atoms with Crippen LogP contribution in [0, 0.1) is 0 Å². The molecule has 5 heteroatoms. The van der Waals surface area contributed by atoms with Crippen LogP contribution >= 0.6 is 0 Å². The molecule has 0 bridgehead atoms. The average Bonchev–Trinajstić information content (AvgIpc) is 2.76. The zero-order valence-corrected chi connectivity index (χ0v) is 20.5. The molecular weight excluding hydrogens is 404 g/mol. The van der Waals surface area contributed by atoms with Gasteiger partial charge in [-0.25, -0.2) is 0 Å². The first kappa shape index (κ1) is 25.8. The molecule has 0 aromatic heterocycles. The van der Waals surface area contributed by atoms with Crippen LogP contribution in [0.3, 0.4) is 0 Å². The Morgan fingerprint density at radius 1 is 0.774 bits per heavy atom. The summed E-state index contributed by atoms with van der Waals surface area (Å²) in [6, 6.07) is 21.4. The highest BCUT2D eigenvalue weighted by atomic mass is 28.4. The normalized spacial score (nSPS) is 15.5. The number of unbranched alkanes of at least 4 members (excludes halogenated alkanes) is 2. The molecule has 0 unspecified atom stereocenters. The fourth-order valence-electron chi connectivity index (χ4n) is 4.33. The van der Waals surface area contributed by atoms with Gasteiger partial charge in [-0.05, 0) is 35.2 Å². The molecule has 3 atom stereocenters. The van der Waals surface area contributed by atoms with Gasteiger partial charge in [0, 0.05) is 6.10 Å². The fourth-order valence-corrected chi connectivity index (χ4v) is 9.06. The first-order chi connectivity index (χ1) is 14.7. The first-order valence-corrected chi connectivity index (χ1v) is 13.4. The number of aliphatic hydroxyl groups is 3. The Morgan fingerprint density at radius 2 is 1.26 bits per heavy atom. The second-order valence-corrected chi connectivity index (χ2v) is 13.8. The molecule has 0 spiro atoms. The predicted molar refractivity (Wildman–Crippen MR) is 130 cm³/mol. The Hall–Kier alpha value is -1.50. The van der Waals surface area contributed by atoms with Gasteiger partial charge in [0.2, 0.25) is 0 Å². The van der Waals surface area contributed by atoms with E-state index in [1.165, 1.54) is 10.4 Å². The molecule has 0 fully saturated rings. The van der Waals surface area contributed by atoms with Crippen molar-refractivity contribution in [1.82, 2.24) is 0 Å². The molecule has 2 aromatic rings. The van der Waals surface area contributed by atoms with E-state index in [1.807, 2.05) is 0 Å². The molecule has 31 heavy (non-hydrogen) atoms. The van der Waals surface area contributed by atoms with Crippen LogP contribution in [-0.2, 0) is 4.43 Å². The summed E-state index contributed by atoms with van der Waals surface area (Å²) in [7, 11) is -2.52. The maximum absolute atomic E-state index is 9.79. The predicted octanol–water partition coefficient (Wildman–Crippen LogP) is 3.62. The molecule has 2 rings (SSSR count). The molecule has 4 nitrogen and oxygen atoms in total. The minimum absolute atomic E-state index is 0.0332. The van der Waals surface area contributed by atoms with Gasteiger partial charge < -0.3 is 19.7 Å². The maximum Gasteiger partial charge on any atom is 0.261 e. The molecule has 0 radical (unpaired) electrons. The molecule has 0 saturated carbocycles. The summed E-state index contributed by atoms with van der Waals surface area (Å²) in [4.78, 5) is 0. The van der Waals surface area contributed by atoms with Crippen molar-refractivity contribution in [2.24, 2.45) is 0 Å². The van der Waals surface area contributed by atoms with Crippen LogP contribution in [0.25, 0.3) is 0 Å². The van der Waals surface area contributed by atoms with Crippen LogP contribution in [-0.4, -0.2) is 48.6 Å². The lowest BCUT2D eigenvalue weighted by molar-refractivity contribution is -0.0186. The third-order valence-electron chi connectivity index (χ3n) is 6.04. The molecule has 0 aliphatic rings. The Labute approximate surface area is 189 Å². The molecule has 0 saturated heterocycles. The Bertz CT molecular complexity index is 706. The van der Waals surface area contributed by atoms with E-state index >= 15 is 0 Å². The van der Waals surface area contributed by atoms with Crippen molar-refractivity contribution >= 4 is 18.7 Å². The minimum Gasteiger partial charge on any atom is -0.405 e. The number of hydrogen-bond acceptors (Lipinski definition) is 4. The zero-order chi connectivity index (χ0) is 22.9. The summed E-state index contributed by atoms with van der Waals surface area (Å²) in [6.07, 6.45) is 2.46. The van der Waals surface area contributed by atoms with Gasteiger partial charge in [-0.2, -0.15) is 0 Å². The number of hydrogen-bond donors (Lipinski definition) is 3. The van der Waals surface area contributed by atoms with Crippen molar-refractivity contribution in [3.05, 3.63) is 60.7 Å². The van der Waals surface area contributed by atoms with Crippen molar-refractivity contribution in [2.75, 3.05) is 6.61 Å². The molecule has 3 N–H and O–H groups in total. The van der Waals surface area contributed by atoms with Crippen LogP contribution in [0.1, 0.15) is 59.8 Å². The zero-order valence-electron chi connectivity index (χ0n) is 19.5. The van der Waals surface area contributed by atoms with Crippen molar-refractivity contribution in [1.29, 1.82) is 0 Å². The molecule has 0 heterocycles. The third kappa shape index (κ3) is 6.74. The van der Waals surface area contributed by atoms with Gasteiger partial charge in [-0.15, -0.1) is 0 Å². The second-order valence-electron chi connectivity index (χ2n) is 9.55. The van der Waals surface area contributed by atoms with E-state index in [2.05, 4.69) is 88.4 Å². The summed E-state index contributed by atoms with van der Waals surface area (Å²) in [5, 5.41) is 30.7. The van der Waals surface area contributed by atoms with Gasteiger partial charge in [0.15, 0.2) is 0 Å². The van der Waals surface area contributed by atoms with Crippen molar-refractivity contribution in [2.45, 2.75) is 83.1 Å². The lowest BCUT2D eigenvalue weighted by Crippen LogP contribution is -2.67. The summed E-state index contributed by atoms with van der Waals surface area (Å²) in [5.41, 5.74) is 0. The summed E-state index contributed by atoms with van der Waals surface area (Å²) >= 11 is 0. The van der Waals surface area contributed by atoms with Crippen LogP contribution in [0.5, 0.6) is 0 Å². The van der Waals surface area contributed by atoms with Gasteiger partial charge in [0.25, 0.3) is 8.32 Å². The van der Waals surface area contributed by atoms with Crippen molar-refractivity contribution in [3.8, 4) is 0 Å². The average molecular weight is 445 g/mol. The molecular formula is C26H40O4Si. The summed E-state index contributed by atoms with van der Waals surface area (Å²) < 4.78 is 7.07. The molecule has 0 aliphatic carbocycles. The largest absolute Gasteiger partial charge is 0.405 e. The minimum atomic E-state index is -2.52. The lowest BCUT2D eigenvalue weighted by atomic mass is 10.0. The molecule has 0 amide bonds. The highest BCUT2D eigenvalue weighted by Crippen LogP contribution is 2.37. The molecule has 2 aromatic carbocycles. The van der Waals surface area contributed by atoms with Crippen LogP contribution in [0.2, 0.25) is 5.04 Å². The van der Waals surface area contributed by atoms with Gasteiger partial charge in [0.05, 0.1) is 12.7 Å². The topological polar surface area (TPSA) is 69.9 Å².